The summed E-state index contributed by atoms with van der Waals surface area (Å²) in [6.45, 7) is 56.7. The summed E-state index contributed by atoms with van der Waals surface area (Å²) in [4.78, 5) is 29.4. The SMILES string of the molecule is Cc1ccc2c(n1)oc1ccc(C)c(C(C)(C)N3C=CN(c4c5ccccc5n(C(C)C)[n+]4C)[C@H]3C)c12.Cc1ccc2c(n1)oc1ccc(C)c(C(C)(C)N3c4ccccc4N(c4n(-c5c(C(C)C)cccc5C(C)C)c5ccccc5[n+]4C)[C@H]3C)c12.Cc1ccc2c(n1)oc1ccc(C)c(C(C)(C)N3c4ccccc4N(c4n(-c5c(C(C)C)cccc5C(C)C)cc[n+]4C)[C@H]3C)c12. The lowest BCUT2D eigenvalue weighted by molar-refractivity contribution is -0.741. The Kier molecular flexibility index (Phi) is 22.1. The molecule has 3 atom stereocenters. The Morgan fingerprint density at radius 3 is 1.20 bits per heavy atom. The summed E-state index contributed by atoms with van der Waals surface area (Å²) in [5, 5.41) is 7.92. The van der Waals surface area contributed by atoms with Crippen molar-refractivity contribution in [3.8, 4) is 11.4 Å². The number of fused-ring (bicyclic) bond motifs is 13. The van der Waals surface area contributed by atoms with E-state index in [9.17, 15) is 0 Å². The Morgan fingerprint density at radius 2 is 0.767 bits per heavy atom. The molecular weight excluding hydrogens is 1640 g/mol. The molecule has 9 aromatic heterocycles. The van der Waals surface area contributed by atoms with Gasteiger partial charge in [-0.25, -0.2) is 48.0 Å². The second kappa shape index (κ2) is 33.1. The van der Waals surface area contributed by atoms with Gasteiger partial charge in [-0.15, -0.1) is 0 Å². The van der Waals surface area contributed by atoms with Crippen LogP contribution in [0.2, 0.25) is 0 Å². The highest BCUT2D eigenvalue weighted by Gasteiger charge is 2.53. The van der Waals surface area contributed by atoms with E-state index in [4.69, 9.17) is 23.2 Å². The molecule has 21 rings (SSSR count). The van der Waals surface area contributed by atoms with Gasteiger partial charge in [-0.2, -0.15) is 9.25 Å². The molecule has 0 N–H and O–H groups in total. The van der Waals surface area contributed by atoms with Gasteiger partial charge < -0.3 is 28.0 Å². The van der Waals surface area contributed by atoms with E-state index in [1.54, 1.807) is 0 Å². The zero-order valence-corrected chi connectivity index (χ0v) is 83.0. The molecule has 0 unspecified atom stereocenters. The van der Waals surface area contributed by atoms with Gasteiger partial charge in [0.1, 0.15) is 70.0 Å². The quantitative estimate of drug-likeness (QED) is 0.0856. The van der Waals surface area contributed by atoms with Crippen LogP contribution in [0.1, 0.15) is 234 Å². The van der Waals surface area contributed by atoms with Crippen molar-refractivity contribution in [2.45, 2.75) is 238 Å². The van der Waals surface area contributed by atoms with E-state index >= 15 is 0 Å². The van der Waals surface area contributed by atoms with Gasteiger partial charge in [0.25, 0.3) is 0 Å². The molecule has 0 radical (unpaired) electrons. The number of nitrogens with zero attached hydrogens (tertiary/aromatic N) is 15. The zero-order valence-electron chi connectivity index (χ0n) is 83.0. The smallest absolute Gasteiger partial charge is 0.372 e. The van der Waals surface area contributed by atoms with Gasteiger partial charge in [0.15, 0.2) is 18.5 Å². The number of aromatic nitrogens is 9. The molecule has 12 heterocycles. The van der Waals surface area contributed by atoms with Crippen LogP contribution in [0.25, 0.3) is 99.5 Å². The highest BCUT2D eigenvalue weighted by Crippen LogP contribution is 2.56. The van der Waals surface area contributed by atoms with E-state index in [1.807, 2.05) is 20.8 Å². The minimum atomic E-state index is -0.427. The molecule has 133 heavy (non-hydrogen) atoms. The van der Waals surface area contributed by atoms with Crippen LogP contribution >= 0.6 is 0 Å². The predicted octanol–water partition coefficient (Wildman–Crippen LogP) is 27.4. The molecule has 0 aliphatic carbocycles. The fraction of sp³-hybridized carbons (Fsp3) is 0.339. The zero-order chi connectivity index (χ0) is 94.1. The maximum Gasteiger partial charge on any atom is 0.372 e. The van der Waals surface area contributed by atoms with Gasteiger partial charge >= 0.3 is 17.7 Å². The average molecular weight is 1770 g/mol. The van der Waals surface area contributed by atoms with Crippen molar-refractivity contribution >= 4 is 129 Å². The van der Waals surface area contributed by atoms with Crippen LogP contribution in [-0.2, 0) is 37.8 Å². The lowest BCUT2D eigenvalue weighted by atomic mass is 9.84. The molecule has 0 spiro atoms. The number of hydrogen-bond donors (Lipinski definition) is 0. The number of furan rings is 3. The second-order valence-electron chi connectivity index (χ2n) is 40.5. The number of aryl methyl sites for hydroxylation is 8. The van der Waals surface area contributed by atoms with Gasteiger partial charge in [0, 0.05) is 55.6 Å². The number of hydrogen-bond acceptors (Lipinski definition) is 12. The van der Waals surface area contributed by atoms with Crippen LogP contribution < -0.4 is 38.3 Å². The summed E-state index contributed by atoms with van der Waals surface area (Å²) >= 11 is 0. The Bertz CT molecular complexity index is 7630. The minimum absolute atomic E-state index is 0.00848. The maximum atomic E-state index is 6.40. The first kappa shape index (κ1) is 88.8. The average Bonchev–Trinajstić information content (AvgIpc) is 1.55. The van der Waals surface area contributed by atoms with E-state index in [2.05, 4.69) is 467 Å². The van der Waals surface area contributed by atoms with Crippen LogP contribution in [0.4, 0.5) is 40.5 Å². The Hall–Kier alpha value is -13.5. The fourth-order valence-electron chi connectivity index (χ4n) is 23.4. The van der Waals surface area contributed by atoms with Crippen molar-refractivity contribution in [3.05, 3.63) is 304 Å². The minimum Gasteiger partial charge on any atom is -0.438 e. The first-order valence-electron chi connectivity index (χ1n) is 47.8. The van der Waals surface area contributed by atoms with E-state index in [0.717, 1.165) is 78.0 Å². The first-order valence-corrected chi connectivity index (χ1v) is 47.8. The number of benzene rings is 9. The molecule has 0 saturated heterocycles. The molecule has 680 valence electrons. The Balaban J connectivity index is 0.000000130. The number of pyridine rings is 3. The second-order valence-corrected chi connectivity index (χ2v) is 40.5. The standard InChI is InChI=1S/C44H48N5O.C40H46N5O.C31H36N5O/c1-26(2)31-16-15-17-32(27(3)4)41(31)48-35-19-12-11-18-34(35)46(10)43(48)47-30(7)49(37-21-14-13-20-36(37)47)44(8,9)40-28(5)22-25-38-39(40)33-24-23-29(6)45-42(33)50-38;1-24(2)29-14-13-15-30(25(3)4)37(29)43-23-22-42(10)39(43)44-28(7)45(33-17-12-11-16-32(33)44)40(8,9)36-26(5)18-21-34-35(36)31-20-19-27(6)41-38(31)46-34;1-19(2)36-25-12-10-9-11-23(25)30(33(36)8)34-17-18-35(22(34)5)31(6,7)28-20(3)13-16-26-27(28)24-15-14-21(4)32-29(24)37-26/h11-27,30H,1-10H3;11-25,28H,1-10H3;9-19,22H,1-8H3/q3*+1/t30-;28-;22-/m111/s1. The van der Waals surface area contributed by atoms with E-state index in [-0.39, 0.29) is 24.0 Å². The number of para-hydroxylation sites is 9. The van der Waals surface area contributed by atoms with Crippen molar-refractivity contribution in [1.29, 1.82) is 0 Å². The van der Waals surface area contributed by atoms with Gasteiger partial charge in [0.2, 0.25) is 17.1 Å². The highest BCUT2D eigenvalue weighted by molar-refractivity contribution is 6.09. The Morgan fingerprint density at radius 1 is 0.376 bits per heavy atom. The first-order chi connectivity index (χ1) is 63.4. The molecule has 18 nitrogen and oxygen atoms in total. The molecule has 3 aliphatic rings. The third-order valence-electron chi connectivity index (χ3n) is 29.0. The molecule has 18 heteroatoms. The number of rotatable bonds is 16. The molecule has 0 bridgehead atoms. The van der Waals surface area contributed by atoms with Gasteiger partial charge in [-0.1, -0.05) is 159 Å². The summed E-state index contributed by atoms with van der Waals surface area (Å²) in [7, 11) is 6.56. The van der Waals surface area contributed by atoms with Crippen LogP contribution in [-0.4, -0.2) is 52.2 Å². The van der Waals surface area contributed by atoms with E-state index in [1.165, 1.54) is 118 Å². The van der Waals surface area contributed by atoms with Crippen molar-refractivity contribution in [2.24, 2.45) is 21.1 Å². The van der Waals surface area contributed by atoms with Crippen molar-refractivity contribution in [2.75, 3.05) is 24.5 Å². The topological polar surface area (TPSA) is 124 Å². The number of anilines is 7. The van der Waals surface area contributed by atoms with Gasteiger partial charge in [-0.05, 0) is 300 Å². The van der Waals surface area contributed by atoms with Crippen molar-refractivity contribution < 1.29 is 27.1 Å². The monoisotopic (exact) mass is 1770 g/mol. The lowest BCUT2D eigenvalue weighted by Crippen LogP contribution is -2.51. The van der Waals surface area contributed by atoms with Gasteiger partial charge in [0.05, 0.1) is 65.2 Å². The van der Waals surface area contributed by atoms with Gasteiger partial charge in [-0.3, -0.25) is 0 Å². The molecule has 9 aromatic carbocycles. The van der Waals surface area contributed by atoms with Crippen LogP contribution in [0.5, 0.6) is 0 Å². The Labute approximate surface area is 783 Å². The molecule has 0 saturated carbocycles. The molecule has 0 amide bonds. The molecule has 0 fully saturated rings. The molecular formula is C115H130N15O3+3. The van der Waals surface area contributed by atoms with Crippen LogP contribution in [0, 0.1) is 41.5 Å². The van der Waals surface area contributed by atoms with Crippen molar-refractivity contribution in [1.82, 2.24) is 33.7 Å². The summed E-state index contributed by atoms with van der Waals surface area (Å²) in [6.07, 6.45) is 9.00. The third-order valence-corrected chi connectivity index (χ3v) is 29.0. The fourth-order valence-corrected chi connectivity index (χ4v) is 23.4. The summed E-state index contributed by atoms with van der Waals surface area (Å²) in [5.41, 5.74) is 30.5. The molecule has 3 aliphatic heterocycles. The van der Waals surface area contributed by atoms with Crippen molar-refractivity contribution in [3.63, 3.8) is 0 Å². The summed E-state index contributed by atoms with van der Waals surface area (Å²) in [6, 6.07) is 74.9. The van der Waals surface area contributed by atoms with E-state index < -0.39 is 11.1 Å². The van der Waals surface area contributed by atoms with E-state index in [0.29, 0.717) is 46.9 Å². The summed E-state index contributed by atoms with van der Waals surface area (Å²) < 4.78 is 33.3. The maximum absolute atomic E-state index is 6.40. The van der Waals surface area contributed by atoms with Crippen LogP contribution in [0.15, 0.2) is 244 Å². The molecule has 18 aromatic rings. The summed E-state index contributed by atoms with van der Waals surface area (Å²) in [5.74, 6) is 4.97. The highest BCUT2D eigenvalue weighted by atomic mass is 16.3. The predicted molar refractivity (Wildman–Crippen MR) is 547 cm³/mol. The largest absolute Gasteiger partial charge is 0.438 e. The number of imidazole rings is 2. The lowest BCUT2D eigenvalue weighted by Gasteiger charge is -2.41. The normalized spacial score (nSPS) is 15.5. The van der Waals surface area contributed by atoms with Crippen LogP contribution in [0.3, 0.4) is 0 Å². The third kappa shape index (κ3) is 14.0.